The maximum absolute atomic E-state index is 4.18. The molecule has 0 aliphatic rings. The second-order valence-electron chi connectivity index (χ2n) is 3.40. The summed E-state index contributed by atoms with van der Waals surface area (Å²) in [6.45, 7) is 3.84. The molecule has 0 radical (unpaired) electrons. The molecule has 0 bridgehead atoms. The van der Waals surface area contributed by atoms with E-state index in [1.165, 1.54) is 5.56 Å². The molecule has 0 fully saturated rings. The Balaban J connectivity index is 1.97. The van der Waals surface area contributed by atoms with Gasteiger partial charge in [-0.25, -0.2) is 0 Å². The van der Waals surface area contributed by atoms with E-state index < -0.39 is 0 Å². The molecular formula is C11H12IN4-. The van der Waals surface area contributed by atoms with Crippen LogP contribution in [0, 0.1) is 17.5 Å². The first kappa shape index (κ1) is 11.4. The van der Waals surface area contributed by atoms with E-state index in [1.54, 1.807) is 0 Å². The minimum atomic E-state index is -0.128. The molecule has 84 valence electrons. The van der Waals surface area contributed by atoms with Gasteiger partial charge in [0.15, 0.2) is 0 Å². The van der Waals surface area contributed by atoms with Gasteiger partial charge in [0.05, 0.1) is 0 Å². The predicted octanol–water partition coefficient (Wildman–Crippen LogP) is -1.66. The second-order valence-corrected chi connectivity index (χ2v) is 6.03. The van der Waals surface area contributed by atoms with Crippen molar-refractivity contribution in [3.63, 3.8) is 0 Å². The fourth-order valence-corrected chi connectivity index (χ4v) is 3.01. The molecule has 16 heavy (non-hydrogen) atoms. The summed E-state index contributed by atoms with van der Waals surface area (Å²) < 4.78 is 2.13. The Hall–Kier alpha value is -1.11. The van der Waals surface area contributed by atoms with E-state index in [2.05, 4.69) is 26.2 Å². The van der Waals surface area contributed by atoms with Crippen LogP contribution in [0.3, 0.4) is 0 Å². The van der Waals surface area contributed by atoms with Crippen LogP contribution in [0.2, 0.25) is 0 Å². The van der Waals surface area contributed by atoms with E-state index in [0.29, 0.717) is 0 Å². The quantitative estimate of drug-likeness (QED) is 0.500. The first-order valence-electron chi connectivity index (χ1n) is 4.91. The monoisotopic (exact) mass is 327 g/mol. The molecular weight excluding hydrogens is 315 g/mol. The number of aromatic nitrogens is 4. The molecule has 0 atom stereocenters. The number of rotatable bonds is 3. The first-order valence-corrected chi connectivity index (χ1v) is 7.51. The summed E-state index contributed by atoms with van der Waals surface area (Å²) in [4.78, 5) is 8.35. The number of aryl methyl sites for hydroxylation is 2. The Morgan fingerprint density at radius 1 is 1.06 bits per heavy atom. The third kappa shape index (κ3) is 3.19. The average molecular weight is 327 g/mol. The fourth-order valence-electron chi connectivity index (χ4n) is 1.09. The Labute approximate surface area is 105 Å². The van der Waals surface area contributed by atoms with Crippen molar-refractivity contribution >= 4 is 0 Å². The van der Waals surface area contributed by atoms with Gasteiger partial charge in [-0.2, -0.15) is 0 Å². The van der Waals surface area contributed by atoms with Gasteiger partial charge in [0.25, 0.3) is 0 Å². The second kappa shape index (κ2) is 5.29. The summed E-state index contributed by atoms with van der Waals surface area (Å²) >= 11 is -0.128. The number of nitrogens with zero attached hydrogens (tertiary/aromatic N) is 4. The van der Waals surface area contributed by atoms with E-state index in [1.807, 2.05) is 32.3 Å². The van der Waals surface area contributed by atoms with Crippen molar-refractivity contribution < 1.29 is 21.2 Å². The van der Waals surface area contributed by atoms with Gasteiger partial charge in [-0.15, -0.1) is 0 Å². The molecule has 0 N–H and O–H groups in total. The number of alkyl halides is 1. The molecule has 2 aromatic heterocycles. The van der Waals surface area contributed by atoms with Gasteiger partial charge in [0.1, 0.15) is 0 Å². The summed E-state index contributed by atoms with van der Waals surface area (Å²) in [5.41, 5.74) is 2.15. The zero-order valence-electron chi connectivity index (χ0n) is 9.18. The van der Waals surface area contributed by atoms with E-state index >= 15 is 0 Å². The van der Waals surface area contributed by atoms with Crippen molar-refractivity contribution in [2.75, 3.05) is 0 Å². The number of hydrogen-bond donors (Lipinski definition) is 0. The minimum absolute atomic E-state index is 0.128. The van der Waals surface area contributed by atoms with Crippen LogP contribution in [0.1, 0.15) is 17.1 Å². The number of hydrogen-bond acceptors (Lipinski definition) is 4. The third-order valence-electron chi connectivity index (χ3n) is 1.96. The van der Waals surface area contributed by atoms with E-state index in [-0.39, 0.29) is 21.2 Å². The molecule has 0 saturated carbocycles. The molecule has 5 heteroatoms. The van der Waals surface area contributed by atoms with Crippen LogP contribution in [-0.4, -0.2) is 20.2 Å². The summed E-state index contributed by atoms with van der Waals surface area (Å²) in [6.07, 6.45) is 3.79. The van der Waals surface area contributed by atoms with Crippen molar-refractivity contribution in [3.05, 3.63) is 45.3 Å². The van der Waals surface area contributed by atoms with Crippen molar-refractivity contribution in [3.8, 4) is 0 Å². The van der Waals surface area contributed by atoms with Crippen LogP contribution >= 0.6 is 0 Å². The summed E-state index contributed by atoms with van der Waals surface area (Å²) in [5, 5.41) is 8.22. The molecule has 0 aliphatic carbocycles. The molecule has 2 rings (SSSR count). The molecule has 0 aliphatic heterocycles. The van der Waals surface area contributed by atoms with Crippen LogP contribution in [0.5, 0.6) is 0 Å². The van der Waals surface area contributed by atoms with Gasteiger partial charge in [0.2, 0.25) is 0 Å². The standard InChI is InChI=1S/C11H12IN4/c1-8-3-4-11(16-15-8)12-5-10-6-13-9(2)14-7-10/h3-4,6-7H,5H2,1-2H3/q-1. The predicted molar refractivity (Wildman–Crippen MR) is 55.9 cm³/mol. The van der Waals surface area contributed by atoms with Crippen molar-refractivity contribution in [1.82, 2.24) is 20.2 Å². The van der Waals surface area contributed by atoms with Crippen LogP contribution in [0.25, 0.3) is 0 Å². The van der Waals surface area contributed by atoms with Gasteiger partial charge in [0, 0.05) is 0 Å². The normalized spacial score (nSPS) is 10.6. The van der Waals surface area contributed by atoms with Crippen molar-refractivity contribution in [2.45, 2.75) is 18.3 Å². The van der Waals surface area contributed by atoms with E-state index in [0.717, 1.165) is 19.6 Å². The zero-order valence-corrected chi connectivity index (χ0v) is 11.3. The van der Waals surface area contributed by atoms with E-state index in [9.17, 15) is 0 Å². The SMILES string of the molecule is Cc1ccc([I-]Cc2cnc(C)nc2)nn1. The van der Waals surface area contributed by atoms with Crippen LogP contribution in [0.4, 0.5) is 0 Å². The fraction of sp³-hybridized carbons (Fsp3) is 0.273. The topological polar surface area (TPSA) is 51.6 Å². The molecule has 2 aromatic rings. The molecule has 0 aromatic carbocycles. The summed E-state index contributed by atoms with van der Waals surface area (Å²) in [7, 11) is 0. The van der Waals surface area contributed by atoms with Crippen LogP contribution in [-0.2, 0) is 4.43 Å². The summed E-state index contributed by atoms with van der Waals surface area (Å²) in [5.74, 6) is 0.817. The molecule has 0 spiro atoms. The number of halogens is 1. The van der Waals surface area contributed by atoms with Gasteiger partial charge in [-0.1, -0.05) is 0 Å². The van der Waals surface area contributed by atoms with Gasteiger partial charge < -0.3 is 0 Å². The van der Waals surface area contributed by atoms with Crippen molar-refractivity contribution in [2.24, 2.45) is 0 Å². The molecule has 0 saturated heterocycles. The molecule has 4 nitrogen and oxygen atoms in total. The Morgan fingerprint density at radius 2 is 1.81 bits per heavy atom. The van der Waals surface area contributed by atoms with Crippen LogP contribution < -0.4 is 21.2 Å². The van der Waals surface area contributed by atoms with Crippen LogP contribution in [0.15, 0.2) is 24.5 Å². The summed E-state index contributed by atoms with van der Waals surface area (Å²) in [6, 6.07) is 4.07. The van der Waals surface area contributed by atoms with Gasteiger partial charge >= 0.3 is 105 Å². The Kier molecular flexibility index (Phi) is 3.76. The van der Waals surface area contributed by atoms with Crippen molar-refractivity contribution in [1.29, 1.82) is 0 Å². The molecule has 0 amide bonds. The zero-order chi connectivity index (χ0) is 11.4. The Bertz CT molecular complexity index is 407. The molecule has 2 heterocycles. The molecule has 0 unspecified atom stereocenters. The Morgan fingerprint density at radius 3 is 2.44 bits per heavy atom. The maximum atomic E-state index is 4.18. The van der Waals surface area contributed by atoms with Gasteiger partial charge in [-0.3, -0.25) is 0 Å². The van der Waals surface area contributed by atoms with E-state index in [4.69, 9.17) is 0 Å². The first-order chi connectivity index (χ1) is 7.74. The average Bonchev–Trinajstić information content (AvgIpc) is 2.30. The van der Waals surface area contributed by atoms with Gasteiger partial charge in [-0.05, 0) is 0 Å². The third-order valence-corrected chi connectivity index (χ3v) is 4.58.